The second-order valence-corrected chi connectivity index (χ2v) is 4.06. The van der Waals surface area contributed by atoms with Crippen LogP contribution in [0.3, 0.4) is 0 Å². The Kier molecular flexibility index (Phi) is 2.17. The summed E-state index contributed by atoms with van der Waals surface area (Å²) < 4.78 is 1.32. The summed E-state index contributed by atoms with van der Waals surface area (Å²) in [6.07, 6.45) is 3.59. The molecule has 1 fully saturated rings. The number of nitrogens with zero attached hydrogens (tertiary/aromatic N) is 1. The quantitative estimate of drug-likeness (QED) is 0.747. The first-order valence-corrected chi connectivity index (χ1v) is 5.15. The topological polar surface area (TPSA) is 75.1 Å². The van der Waals surface area contributed by atoms with Crippen LogP contribution in [0.25, 0.3) is 0 Å². The monoisotopic (exact) mass is 210 g/mol. The van der Waals surface area contributed by atoms with Crippen molar-refractivity contribution in [2.24, 2.45) is 0 Å². The summed E-state index contributed by atoms with van der Waals surface area (Å²) in [5.41, 5.74) is -1.35. The van der Waals surface area contributed by atoms with E-state index in [0.717, 1.165) is 31.7 Å². The van der Waals surface area contributed by atoms with E-state index >= 15 is 0 Å². The van der Waals surface area contributed by atoms with Crippen molar-refractivity contribution in [1.29, 1.82) is 0 Å². The number of hydrogen-bond donors (Lipinski definition) is 2. The van der Waals surface area contributed by atoms with Gasteiger partial charge >= 0.3 is 5.69 Å². The third kappa shape index (κ3) is 1.38. The Labute approximate surface area is 86.4 Å². The molecule has 0 radical (unpaired) electrons. The highest BCUT2D eigenvalue weighted by molar-refractivity contribution is 5.12. The van der Waals surface area contributed by atoms with Crippen LogP contribution in [0.15, 0.2) is 15.7 Å². The molecular formula is C10H14N2O3. The van der Waals surface area contributed by atoms with Gasteiger partial charge in [-0.05, 0) is 25.7 Å². The third-order valence-electron chi connectivity index (χ3n) is 3.34. The van der Waals surface area contributed by atoms with E-state index in [1.165, 1.54) is 4.57 Å². The lowest BCUT2D eigenvalue weighted by molar-refractivity contribution is 0.115. The molecule has 1 aromatic heterocycles. The molecule has 15 heavy (non-hydrogen) atoms. The zero-order valence-corrected chi connectivity index (χ0v) is 8.62. The van der Waals surface area contributed by atoms with Gasteiger partial charge in [0.2, 0.25) is 5.88 Å². The van der Waals surface area contributed by atoms with Gasteiger partial charge in [-0.15, -0.1) is 0 Å². The molecule has 2 N–H and O–H groups in total. The molecule has 0 unspecified atom stereocenters. The molecule has 1 aliphatic rings. The van der Waals surface area contributed by atoms with Crippen molar-refractivity contribution in [2.75, 3.05) is 0 Å². The number of H-pyrrole nitrogens is 1. The molecule has 0 amide bonds. The second-order valence-electron chi connectivity index (χ2n) is 4.06. The van der Waals surface area contributed by atoms with Gasteiger partial charge in [-0.3, -0.25) is 14.3 Å². The smallest absolute Gasteiger partial charge is 0.331 e. The van der Waals surface area contributed by atoms with Gasteiger partial charge in [0.1, 0.15) is 0 Å². The summed E-state index contributed by atoms with van der Waals surface area (Å²) in [6.45, 7) is 1.98. The number of aromatic nitrogens is 2. The maximum atomic E-state index is 11.6. The SMILES string of the molecule is CCC1(n2c(O)cc(=O)[nH]c2=O)CCC1. The predicted molar refractivity (Wildman–Crippen MR) is 55.1 cm³/mol. The van der Waals surface area contributed by atoms with E-state index in [9.17, 15) is 14.7 Å². The van der Waals surface area contributed by atoms with Crippen molar-refractivity contribution in [3.8, 4) is 5.88 Å². The number of aromatic hydroxyl groups is 1. The maximum absolute atomic E-state index is 11.6. The molecule has 0 atom stereocenters. The van der Waals surface area contributed by atoms with E-state index in [4.69, 9.17) is 0 Å². The summed E-state index contributed by atoms with van der Waals surface area (Å²) in [6, 6.07) is 1.05. The van der Waals surface area contributed by atoms with E-state index < -0.39 is 11.2 Å². The Morgan fingerprint density at radius 1 is 1.53 bits per heavy atom. The van der Waals surface area contributed by atoms with Gasteiger partial charge in [-0.25, -0.2) is 4.79 Å². The average Bonchev–Trinajstić information content (AvgIpc) is 2.07. The summed E-state index contributed by atoms with van der Waals surface area (Å²) in [4.78, 5) is 24.7. The Balaban J connectivity index is 2.62. The lowest BCUT2D eigenvalue weighted by atomic mass is 9.74. The maximum Gasteiger partial charge on any atom is 0.331 e. The van der Waals surface area contributed by atoms with Crippen LogP contribution < -0.4 is 11.2 Å². The first-order valence-electron chi connectivity index (χ1n) is 5.15. The molecule has 5 nitrogen and oxygen atoms in total. The van der Waals surface area contributed by atoms with Crippen LogP contribution in [0.4, 0.5) is 0 Å². The van der Waals surface area contributed by atoms with Crippen LogP contribution in [0.2, 0.25) is 0 Å². The van der Waals surface area contributed by atoms with E-state index in [1.807, 2.05) is 6.92 Å². The summed E-state index contributed by atoms with van der Waals surface area (Å²) in [5.74, 6) is -0.231. The van der Waals surface area contributed by atoms with Gasteiger partial charge < -0.3 is 5.11 Å². The molecule has 0 aliphatic heterocycles. The lowest BCUT2D eigenvalue weighted by Gasteiger charge is -2.42. The highest BCUT2D eigenvalue weighted by atomic mass is 16.3. The number of rotatable bonds is 2. The standard InChI is InChI=1S/C10H14N2O3/c1-2-10(4-3-5-10)12-8(14)6-7(13)11-9(12)15/h6,14H,2-5H2,1H3,(H,11,13,15). The van der Waals surface area contributed by atoms with Gasteiger partial charge in [-0.1, -0.05) is 6.92 Å². The molecule has 5 heteroatoms. The minimum atomic E-state index is -0.556. The largest absolute Gasteiger partial charge is 0.494 e. The molecule has 1 aliphatic carbocycles. The summed E-state index contributed by atoms with van der Waals surface area (Å²) in [5, 5.41) is 9.65. The fourth-order valence-electron chi connectivity index (χ4n) is 2.26. The normalized spacial score (nSPS) is 18.5. The molecule has 1 saturated carbocycles. The van der Waals surface area contributed by atoms with Crippen molar-refractivity contribution in [1.82, 2.24) is 9.55 Å². The lowest BCUT2D eigenvalue weighted by Crippen LogP contribution is -2.47. The van der Waals surface area contributed by atoms with E-state index in [0.29, 0.717) is 0 Å². The summed E-state index contributed by atoms with van der Waals surface area (Å²) >= 11 is 0. The van der Waals surface area contributed by atoms with Crippen molar-refractivity contribution >= 4 is 0 Å². The Morgan fingerprint density at radius 2 is 2.20 bits per heavy atom. The van der Waals surface area contributed by atoms with Crippen molar-refractivity contribution < 1.29 is 5.11 Å². The van der Waals surface area contributed by atoms with E-state index in [1.54, 1.807) is 0 Å². The zero-order chi connectivity index (χ0) is 11.1. The Hall–Kier alpha value is -1.52. The van der Waals surface area contributed by atoms with Gasteiger partial charge in [-0.2, -0.15) is 0 Å². The van der Waals surface area contributed by atoms with Crippen molar-refractivity contribution in [2.45, 2.75) is 38.1 Å². The number of nitrogens with one attached hydrogen (secondary N) is 1. The molecule has 0 aromatic carbocycles. The molecule has 0 bridgehead atoms. The zero-order valence-electron chi connectivity index (χ0n) is 8.62. The van der Waals surface area contributed by atoms with Crippen LogP contribution in [-0.4, -0.2) is 14.7 Å². The average molecular weight is 210 g/mol. The van der Waals surface area contributed by atoms with Crippen LogP contribution in [0.5, 0.6) is 5.88 Å². The van der Waals surface area contributed by atoms with Crippen LogP contribution in [-0.2, 0) is 5.54 Å². The van der Waals surface area contributed by atoms with Gasteiger partial charge in [0.05, 0.1) is 11.6 Å². The first-order chi connectivity index (χ1) is 7.09. The van der Waals surface area contributed by atoms with E-state index in [2.05, 4.69) is 4.98 Å². The Bertz CT molecular complexity index is 477. The molecular weight excluding hydrogens is 196 g/mol. The second kappa shape index (κ2) is 3.25. The molecule has 2 rings (SSSR count). The number of aromatic amines is 1. The highest BCUT2D eigenvalue weighted by Gasteiger charge is 2.39. The Morgan fingerprint density at radius 3 is 2.60 bits per heavy atom. The molecule has 1 aromatic rings. The molecule has 82 valence electrons. The van der Waals surface area contributed by atoms with Gasteiger partial charge in [0.15, 0.2) is 0 Å². The van der Waals surface area contributed by atoms with Crippen LogP contribution in [0, 0.1) is 0 Å². The predicted octanol–water partition coefficient (Wildman–Crippen LogP) is 0.531. The van der Waals surface area contributed by atoms with Gasteiger partial charge in [0, 0.05) is 0 Å². The van der Waals surface area contributed by atoms with Crippen LogP contribution >= 0.6 is 0 Å². The molecule has 0 saturated heterocycles. The minimum absolute atomic E-state index is 0.231. The fourth-order valence-corrected chi connectivity index (χ4v) is 2.26. The summed E-state index contributed by atoms with van der Waals surface area (Å²) in [7, 11) is 0. The van der Waals surface area contributed by atoms with Crippen LogP contribution in [0.1, 0.15) is 32.6 Å². The van der Waals surface area contributed by atoms with E-state index in [-0.39, 0.29) is 11.4 Å². The molecule has 1 heterocycles. The third-order valence-corrected chi connectivity index (χ3v) is 3.34. The van der Waals surface area contributed by atoms with Crippen molar-refractivity contribution in [3.63, 3.8) is 0 Å². The fraction of sp³-hybridized carbons (Fsp3) is 0.600. The highest BCUT2D eigenvalue weighted by Crippen LogP contribution is 2.42. The minimum Gasteiger partial charge on any atom is -0.494 e. The molecule has 0 spiro atoms. The number of hydrogen-bond acceptors (Lipinski definition) is 3. The van der Waals surface area contributed by atoms with Crippen molar-refractivity contribution in [3.05, 3.63) is 26.9 Å². The van der Waals surface area contributed by atoms with Gasteiger partial charge in [0.25, 0.3) is 5.56 Å². The first kappa shape index (κ1) is 10.0.